The van der Waals surface area contributed by atoms with Gasteiger partial charge in [-0.2, -0.15) is 5.10 Å². The molecule has 0 saturated heterocycles. The number of nitrogens with zero attached hydrogens (tertiary/aromatic N) is 3. The highest BCUT2D eigenvalue weighted by Gasteiger charge is 2.17. The molecule has 2 amide bonds. The third-order valence-corrected chi connectivity index (χ3v) is 5.52. The van der Waals surface area contributed by atoms with Crippen LogP contribution in [0, 0.1) is 13.8 Å². The first-order chi connectivity index (χ1) is 15.0. The number of carbonyl (C=O) groups is 2. The summed E-state index contributed by atoms with van der Waals surface area (Å²) in [6, 6.07) is 13.1. The third kappa shape index (κ3) is 3.46. The van der Waals surface area contributed by atoms with Gasteiger partial charge in [-0.05, 0) is 56.2 Å². The van der Waals surface area contributed by atoms with Crippen molar-refractivity contribution in [3.05, 3.63) is 59.4 Å². The molecule has 2 N–H and O–H groups in total. The van der Waals surface area contributed by atoms with Crippen LogP contribution in [0.15, 0.2) is 42.5 Å². The minimum absolute atomic E-state index is 0.00159. The summed E-state index contributed by atoms with van der Waals surface area (Å²) in [7, 11) is 0. The lowest BCUT2D eigenvalue weighted by Crippen LogP contribution is -2.25. The maximum atomic E-state index is 12.6. The molecule has 5 rings (SSSR count). The molecule has 2 aromatic carbocycles. The minimum atomic E-state index is -0.212. The quantitative estimate of drug-likeness (QED) is 0.532. The lowest BCUT2D eigenvalue weighted by molar-refractivity contribution is -0.118. The number of hydrogen-bond donors (Lipinski definition) is 2. The zero-order chi connectivity index (χ0) is 21.5. The molecule has 3 heterocycles. The molecule has 0 aliphatic carbocycles. The number of nitrogens with one attached hydrogen (secondary N) is 2. The molecule has 1 aliphatic rings. The number of amides is 2. The molecular formula is C23H21N5O3. The Morgan fingerprint density at radius 1 is 1.23 bits per heavy atom. The van der Waals surface area contributed by atoms with E-state index < -0.39 is 0 Å². The Morgan fingerprint density at radius 3 is 2.94 bits per heavy atom. The highest BCUT2D eigenvalue weighted by Crippen LogP contribution is 2.30. The van der Waals surface area contributed by atoms with E-state index in [1.807, 2.05) is 42.6 Å². The summed E-state index contributed by atoms with van der Waals surface area (Å²) < 4.78 is 7.20. The predicted molar refractivity (Wildman–Crippen MR) is 117 cm³/mol. The Bertz CT molecular complexity index is 1360. The largest absolute Gasteiger partial charge is 0.482 e. The molecule has 156 valence electrons. The lowest BCUT2D eigenvalue weighted by Gasteiger charge is -2.18. The van der Waals surface area contributed by atoms with E-state index in [-0.39, 0.29) is 18.4 Å². The van der Waals surface area contributed by atoms with E-state index in [9.17, 15) is 9.59 Å². The van der Waals surface area contributed by atoms with E-state index in [0.29, 0.717) is 30.0 Å². The fourth-order valence-corrected chi connectivity index (χ4v) is 3.96. The number of carbonyl (C=O) groups excluding carboxylic acids is 2. The van der Waals surface area contributed by atoms with Gasteiger partial charge in [0.1, 0.15) is 5.75 Å². The first-order valence-electron chi connectivity index (χ1n) is 10.1. The molecule has 0 spiro atoms. The SMILES string of the molecule is Cc1nc2c3ccccc3nn2c(C)c1CCC(=O)Nc1ccc2c(c1)NC(=O)CO2. The number of aryl methyl sites for hydroxylation is 2. The zero-order valence-electron chi connectivity index (χ0n) is 17.2. The zero-order valence-corrected chi connectivity index (χ0v) is 17.2. The summed E-state index contributed by atoms with van der Waals surface area (Å²) in [5.74, 6) is 0.262. The maximum absolute atomic E-state index is 12.6. The van der Waals surface area contributed by atoms with Crippen LogP contribution in [0.4, 0.5) is 11.4 Å². The topological polar surface area (TPSA) is 97.6 Å². The molecule has 4 aromatic rings. The molecule has 8 heteroatoms. The number of fused-ring (bicyclic) bond motifs is 4. The second-order valence-corrected chi connectivity index (χ2v) is 7.61. The van der Waals surface area contributed by atoms with Crippen molar-refractivity contribution < 1.29 is 14.3 Å². The van der Waals surface area contributed by atoms with Gasteiger partial charge in [-0.15, -0.1) is 0 Å². The Kier molecular flexibility index (Phi) is 4.54. The average Bonchev–Trinajstić information content (AvgIpc) is 3.12. The van der Waals surface area contributed by atoms with E-state index in [0.717, 1.165) is 33.5 Å². The summed E-state index contributed by atoms with van der Waals surface area (Å²) in [5, 5.41) is 11.3. The van der Waals surface area contributed by atoms with Gasteiger partial charge in [-0.25, -0.2) is 9.50 Å². The van der Waals surface area contributed by atoms with Crippen molar-refractivity contribution in [3.63, 3.8) is 0 Å². The van der Waals surface area contributed by atoms with Gasteiger partial charge in [0.15, 0.2) is 12.3 Å². The Morgan fingerprint density at radius 2 is 2.06 bits per heavy atom. The summed E-state index contributed by atoms with van der Waals surface area (Å²) in [4.78, 5) is 28.8. The van der Waals surface area contributed by atoms with Crippen LogP contribution in [0.3, 0.4) is 0 Å². The number of benzene rings is 2. The maximum Gasteiger partial charge on any atom is 0.262 e. The van der Waals surface area contributed by atoms with Gasteiger partial charge in [0, 0.05) is 28.9 Å². The van der Waals surface area contributed by atoms with Crippen LogP contribution < -0.4 is 15.4 Å². The van der Waals surface area contributed by atoms with E-state index >= 15 is 0 Å². The summed E-state index contributed by atoms with van der Waals surface area (Å²) in [6.45, 7) is 3.97. The highest BCUT2D eigenvalue weighted by atomic mass is 16.5. The van der Waals surface area contributed by atoms with Crippen molar-refractivity contribution in [2.45, 2.75) is 26.7 Å². The molecule has 0 fully saturated rings. The van der Waals surface area contributed by atoms with Gasteiger partial charge in [0.25, 0.3) is 5.91 Å². The fourth-order valence-electron chi connectivity index (χ4n) is 3.96. The number of anilines is 2. The summed E-state index contributed by atoms with van der Waals surface area (Å²) in [5.41, 5.74) is 5.79. The van der Waals surface area contributed by atoms with E-state index in [2.05, 4.69) is 15.7 Å². The van der Waals surface area contributed by atoms with Crippen molar-refractivity contribution in [1.29, 1.82) is 0 Å². The van der Waals surface area contributed by atoms with Crippen molar-refractivity contribution in [2.75, 3.05) is 17.2 Å². The lowest BCUT2D eigenvalue weighted by atomic mass is 10.1. The van der Waals surface area contributed by atoms with Gasteiger partial charge in [0.2, 0.25) is 5.91 Å². The van der Waals surface area contributed by atoms with Crippen molar-refractivity contribution in [3.8, 4) is 5.75 Å². The van der Waals surface area contributed by atoms with Crippen LogP contribution in [0.2, 0.25) is 0 Å². The fraction of sp³-hybridized carbons (Fsp3) is 0.217. The average molecular weight is 415 g/mol. The predicted octanol–water partition coefficient (Wildman–Crippen LogP) is 3.40. The Balaban J connectivity index is 1.34. The van der Waals surface area contributed by atoms with Crippen LogP contribution in [0.5, 0.6) is 5.75 Å². The van der Waals surface area contributed by atoms with Crippen LogP contribution in [-0.2, 0) is 16.0 Å². The molecule has 31 heavy (non-hydrogen) atoms. The number of rotatable bonds is 4. The van der Waals surface area contributed by atoms with Gasteiger partial charge >= 0.3 is 0 Å². The second-order valence-electron chi connectivity index (χ2n) is 7.61. The molecule has 1 aliphatic heterocycles. The van der Waals surface area contributed by atoms with Gasteiger partial charge in [-0.3, -0.25) is 9.59 Å². The highest BCUT2D eigenvalue weighted by molar-refractivity contribution is 5.97. The van der Waals surface area contributed by atoms with Crippen LogP contribution in [-0.4, -0.2) is 33.0 Å². The van der Waals surface area contributed by atoms with Gasteiger partial charge < -0.3 is 15.4 Å². The molecular weight excluding hydrogens is 394 g/mol. The van der Waals surface area contributed by atoms with Gasteiger partial charge in [-0.1, -0.05) is 12.1 Å². The van der Waals surface area contributed by atoms with Crippen LogP contribution >= 0.6 is 0 Å². The molecule has 0 unspecified atom stereocenters. The molecule has 0 bridgehead atoms. The van der Waals surface area contributed by atoms with Crippen LogP contribution in [0.1, 0.15) is 23.4 Å². The smallest absolute Gasteiger partial charge is 0.262 e. The van der Waals surface area contributed by atoms with Crippen LogP contribution in [0.25, 0.3) is 16.6 Å². The normalized spacial score (nSPS) is 13.0. The first-order valence-corrected chi connectivity index (χ1v) is 10.1. The number of aromatic nitrogens is 3. The van der Waals surface area contributed by atoms with Crippen molar-refractivity contribution >= 4 is 39.7 Å². The minimum Gasteiger partial charge on any atom is -0.482 e. The van der Waals surface area contributed by atoms with E-state index in [4.69, 9.17) is 9.72 Å². The monoisotopic (exact) mass is 415 g/mol. The molecule has 0 radical (unpaired) electrons. The Hall–Kier alpha value is -3.94. The standard InChI is InChI=1S/C23H21N5O3/c1-13-16(14(2)28-23(24-13)17-5-3-4-6-18(17)27-28)8-10-21(29)25-15-7-9-20-19(11-15)26-22(30)12-31-20/h3-7,9,11H,8,10,12H2,1-2H3,(H,25,29)(H,26,30). The van der Waals surface area contributed by atoms with E-state index in [1.54, 1.807) is 18.2 Å². The number of ether oxygens (including phenoxy) is 1. The summed E-state index contributed by atoms with van der Waals surface area (Å²) >= 11 is 0. The van der Waals surface area contributed by atoms with Crippen molar-refractivity contribution in [2.24, 2.45) is 0 Å². The second kappa shape index (κ2) is 7.39. The van der Waals surface area contributed by atoms with E-state index in [1.165, 1.54) is 0 Å². The molecule has 8 nitrogen and oxygen atoms in total. The third-order valence-electron chi connectivity index (χ3n) is 5.52. The molecule has 0 atom stereocenters. The van der Waals surface area contributed by atoms with Crippen molar-refractivity contribution in [1.82, 2.24) is 14.6 Å². The molecule has 0 saturated carbocycles. The summed E-state index contributed by atoms with van der Waals surface area (Å²) in [6.07, 6.45) is 0.850. The first kappa shape index (κ1) is 19.0. The molecule has 2 aromatic heterocycles. The van der Waals surface area contributed by atoms with Gasteiger partial charge in [0.05, 0.1) is 11.2 Å². The number of hydrogen-bond acceptors (Lipinski definition) is 5. The Labute approximate surface area is 178 Å².